The Morgan fingerprint density at radius 3 is 2.65 bits per heavy atom. The zero-order valence-corrected chi connectivity index (χ0v) is 14.3. The van der Waals surface area contributed by atoms with Gasteiger partial charge in [0.25, 0.3) is 0 Å². The van der Waals surface area contributed by atoms with E-state index in [4.69, 9.17) is 0 Å². The molecule has 0 atom stereocenters. The fraction of sp³-hybridized carbons (Fsp3) is 0.412. The van der Waals surface area contributed by atoms with Gasteiger partial charge in [0.1, 0.15) is 5.69 Å². The predicted octanol–water partition coefficient (Wildman–Crippen LogP) is 4.55. The van der Waals surface area contributed by atoms with Crippen LogP contribution in [0.3, 0.4) is 0 Å². The number of carbonyl (C=O) groups excluding carboxylic acids is 1. The molecule has 2 aliphatic rings. The number of allylic oxidation sites excluding steroid dienone is 2. The Bertz CT molecular complexity index is 727. The van der Waals surface area contributed by atoms with Gasteiger partial charge < -0.3 is 0 Å². The van der Waals surface area contributed by atoms with E-state index in [2.05, 4.69) is 32.3 Å². The lowest BCUT2D eigenvalue weighted by atomic mass is 9.91. The van der Waals surface area contributed by atoms with E-state index in [1.54, 1.807) is 18.2 Å². The largest absolute Gasteiger partial charge is 0.295 e. The normalized spacial score (nSPS) is 18.3. The third-order valence-electron chi connectivity index (χ3n) is 4.10. The Balaban J connectivity index is 2.03. The average molecular weight is 373 g/mol. The van der Waals surface area contributed by atoms with E-state index in [-0.39, 0.29) is 5.78 Å². The van der Waals surface area contributed by atoms with Crippen molar-refractivity contribution in [2.45, 2.75) is 32.1 Å². The molecule has 1 aliphatic heterocycles. The second-order valence-corrected chi connectivity index (χ2v) is 6.66. The molecule has 1 saturated heterocycles. The van der Waals surface area contributed by atoms with Crippen molar-refractivity contribution in [3.05, 3.63) is 33.8 Å². The van der Waals surface area contributed by atoms with Gasteiger partial charge in [0.05, 0.1) is 11.6 Å². The van der Waals surface area contributed by atoms with Gasteiger partial charge in [0, 0.05) is 29.5 Å². The van der Waals surface area contributed by atoms with Crippen LogP contribution in [0.5, 0.6) is 0 Å². The number of halogens is 1. The van der Waals surface area contributed by atoms with Crippen molar-refractivity contribution in [1.82, 2.24) is 5.01 Å². The van der Waals surface area contributed by atoms with Gasteiger partial charge in [-0.2, -0.15) is 5.26 Å². The highest BCUT2D eigenvalue weighted by Gasteiger charge is 2.18. The Labute approximate surface area is 143 Å². The van der Waals surface area contributed by atoms with Crippen LogP contribution in [0.1, 0.15) is 43.2 Å². The summed E-state index contributed by atoms with van der Waals surface area (Å²) in [5, 5.41) is 19.9. The molecule has 118 valence electrons. The predicted molar refractivity (Wildman–Crippen MR) is 91.0 cm³/mol. The fourth-order valence-corrected chi connectivity index (χ4v) is 3.45. The van der Waals surface area contributed by atoms with E-state index >= 15 is 0 Å². The highest BCUT2D eigenvalue weighted by Crippen LogP contribution is 2.38. The number of ketones is 1. The molecule has 23 heavy (non-hydrogen) atoms. The molecule has 6 heteroatoms. The number of rotatable bonds is 3. The smallest absolute Gasteiger partial charge is 0.155 e. The summed E-state index contributed by atoms with van der Waals surface area (Å²) in [5.41, 5.74) is 3.00. The minimum absolute atomic E-state index is 0.132. The molecule has 1 fully saturated rings. The first-order valence-electron chi connectivity index (χ1n) is 7.81. The summed E-state index contributed by atoms with van der Waals surface area (Å²) >= 11 is 3.49. The Morgan fingerprint density at radius 1 is 1.17 bits per heavy atom. The van der Waals surface area contributed by atoms with Crippen molar-refractivity contribution < 1.29 is 4.79 Å². The summed E-state index contributed by atoms with van der Waals surface area (Å²) in [5.74, 6) is 0.132. The van der Waals surface area contributed by atoms with E-state index in [1.165, 1.54) is 0 Å². The summed E-state index contributed by atoms with van der Waals surface area (Å²) in [7, 11) is 0. The van der Waals surface area contributed by atoms with Gasteiger partial charge in [0.15, 0.2) is 5.78 Å². The molecule has 3 rings (SSSR count). The van der Waals surface area contributed by atoms with Crippen molar-refractivity contribution in [3.8, 4) is 6.07 Å². The monoisotopic (exact) mass is 372 g/mol. The van der Waals surface area contributed by atoms with E-state index in [1.807, 2.05) is 5.01 Å². The number of nitriles is 1. The van der Waals surface area contributed by atoms with Gasteiger partial charge in [-0.25, -0.2) is 0 Å². The standard InChI is InChI=1S/C17H17BrN4O/c18-16-9-12(11-19)8-15(13-4-3-5-14(23)10-13)17(16)20-21-22-6-1-2-7-22/h8-10H,1-7H2. The minimum atomic E-state index is 0.132. The maximum atomic E-state index is 11.7. The highest BCUT2D eigenvalue weighted by molar-refractivity contribution is 9.10. The first kappa shape index (κ1) is 15.9. The third-order valence-corrected chi connectivity index (χ3v) is 4.70. The number of carbonyl (C=O) groups is 1. The molecule has 0 N–H and O–H groups in total. The Kier molecular flexibility index (Phi) is 4.87. The maximum Gasteiger partial charge on any atom is 0.155 e. The zero-order valence-electron chi connectivity index (χ0n) is 12.8. The number of hydrogen-bond acceptors (Lipinski definition) is 4. The summed E-state index contributed by atoms with van der Waals surface area (Å²) < 4.78 is 0.730. The van der Waals surface area contributed by atoms with Gasteiger partial charge in [-0.15, -0.1) is 5.11 Å². The molecular weight excluding hydrogens is 356 g/mol. The lowest BCUT2D eigenvalue weighted by molar-refractivity contribution is -0.114. The summed E-state index contributed by atoms with van der Waals surface area (Å²) in [6.45, 7) is 1.85. The number of hydrogen-bond donors (Lipinski definition) is 0. The van der Waals surface area contributed by atoms with E-state index in [0.29, 0.717) is 17.7 Å². The summed E-state index contributed by atoms with van der Waals surface area (Å²) in [6.07, 6.45) is 6.20. The van der Waals surface area contributed by atoms with Crippen molar-refractivity contribution in [2.24, 2.45) is 10.3 Å². The van der Waals surface area contributed by atoms with Crippen LogP contribution in [0.2, 0.25) is 0 Å². The van der Waals surface area contributed by atoms with Gasteiger partial charge in [-0.05, 0) is 65.4 Å². The first-order valence-corrected chi connectivity index (χ1v) is 8.60. The summed E-state index contributed by atoms with van der Waals surface area (Å²) in [6, 6.07) is 5.70. The minimum Gasteiger partial charge on any atom is -0.295 e. The molecule has 5 nitrogen and oxygen atoms in total. The molecule has 1 aromatic carbocycles. The van der Waals surface area contributed by atoms with Gasteiger partial charge in [-0.3, -0.25) is 9.80 Å². The lowest BCUT2D eigenvalue weighted by Crippen LogP contribution is -2.09. The topological polar surface area (TPSA) is 68.8 Å². The first-order chi connectivity index (χ1) is 11.2. The molecule has 0 aromatic heterocycles. The van der Waals surface area contributed by atoms with Crippen LogP contribution in [0, 0.1) is 11.3 Å². The highest BCUT2D eigenvalue weighted by atomic mass is 79.9. The molecular formula is C17H17BrN4O. The molecule has 1 heterocycles. The Hall–Kier alpha value is -2.00. The van der Waals surface area contributed by atoms with Crippen molar-refractivity contribution >= 4 is 33.0 Å². The van der Waals surface area contributed by atoms with Crippen molar-refractivity contribution in [3.63, 3.8) is 0 Å². The molecule has 0 bridgehead atoms. The van der Waals surface area contributed by atoms with Gasteiger partial charge >= 0.3 is 0 Å². The third kappa shape index (κ3) is 3.67. The van der Waals surface area contributed by atoms with Crippen LogP contribution >= 0.6 is 15.9 Å². The summed E-state index contributed by atoms with van der Waals surface area (Å²) in [4.78, 5) is 11.7. The number of benzene rings is 1. The fourth-order valence-electron chi connectivity index (χ4n) is 2.91. The number of nitrogens with zero attached hydrogens (tertiary/aromatic N) is 4. The Morgan fingerprint density at radius 2 is 1.96 bits per heavy atom. The molecule has 1 aromatic rings. The van der Waals surface area contributed by atoms with Crippen molar-refractivity contribution in [1.29, 1.82) is 5.26 Å². The van der Waals surface area contributed by atoms with Crippen LogP contribution in [0.4, 0.5) is 5.69 Å². The molecule has 0 amide bonds. The molecule has 0 spiro atoms. The maximum absolute atomic E-state index is 11.7. The second-order valence-electron chi connectivity index (χ2n) is 5.81. The molecule has 0 unspecified atom stereocenters. The quantitative estimate of drug-likeness (QED) is 0.730. The zero-order chi connectivity index (χ0) is 16.2. The lowest BCUT2D eigenvalue weighted by Gasteiger charge is -2.16. The van der Waals surface area contributed by atoms with Crippen LogP contribution in [0.25, 0.3) is 5.57 Å². The van der Waals surface area contributed by atoms with Crippen LogP contribution < -0.4 is 0 Å². The SMILES string of the molecule is N#Cc1cc(Br)c(N=NN2CCCC2)c(C2=CC(=O)CCC2)c1. The van der Waals surface area contributed by atoms with Crippen LogP contribution in [-0.2, 0) is 4.79 Å². The molecule has 0 saturated carbocycles. The van der Waals surface area contributed by atoms with E-state index in [9.17, 15) is 10.1 Å². The molecule has 1 aliphatic carbocycles. The van der Waals surface area contributed by atoms with E-state index < -0.39 is 0 Å². The van der Waals surface area contributed by atoms with Gasteiger partial charge in [-0.1, -0.05) is 5.22 Å². The van der Waals surface area contributed by atoms with Crippen LogP contribution in [0.15, 0.2) is 33.0 Å². The van der Waals surface area contributed by atoms with Crippen LogP contribution in [-0.4, -0.2) is 23.9 Å². The van der Waals surface area contributed by atoms with Crippen molar-refractivity contribution in [2.75, 3.05) is 13.1 Å². The second kappa shape index (κ2) is 7.05. The van der Waals surface area contributed by atoms with E-state index in [0.717, 1.165) is 54.4 Å². The average Bonchev–Trinajstić information content (AvgIpc) is 3.06. The molecule has 0 radical (unpaired) electrons. The van der Waals surface area contributed by atoms with Gasteiger partial charge in [0.2, 0.25) is 0 Å².